The molecule has 0 amide bonds. The van der Waals surface area contributed by atoms with Crippen LogP contribution in [0.5, 0.6) is 5.75 Å². The minimum Gasteiger partial charge on any atom is -0.466 e. The van der Waals surface area contributed by atoms with Gasteiger partial charge in [-0.25, -0.2) is 0 Å². The van der Waals surface area contributed by atoms with E-state index >= 15 is 0 Å². The fourth-order valence-electron chi connectivity index (χ4n) is 2.08. The van der Waals surface area contributed by atoms with Crippen LogP contribution in [0, 0.1) is 0 Å². The van der Waals surface area contributed by atoms with Crippen LogP contribution in [0.15, 0.2) is 40.9 Å². The lowest BCUT2D eigenvalue weighted by Gasteiger charge is -2.10. The molecule has 0 N–H and O–H groups in total. The van der Waals surface area contributed by atoms with E-state index in [0.29, 0.717) is 4.47 Å². The van der Waals surface area contributed by atoms with E-state index in [2.05, 4.69) is 15.9 Å². The number of carbonyl (C=O) groups excluding carboxylic acids is 1. The van der Waals surface area contributed by atoms with Crippen molar-refractivity contribution in [3.63, 3.8) is 0 Å². The normalized spacial score (nSPS) is 11.4. The molecule has 0 fully saturated rings. The SMILES string of the molecule is CCOC(=O)CCCS(=O)(=O)Oc1ccc2ccccc2c1Br. The van der Waals surface area contributed by atoms with Crippen molar-refractivity contribution in [1.82, 2.24) is 0 Å². The Morgan fingerprint density at radius 1 is 1.17 bits per heavy atom. The van der Waals surface area contributed by atoms with Crippen LogP contribution in [0.25, 0.3) is 10.8 Å². The van der Waals surface area contributed by atoms with Crippen LogP contribution >= 0.6 is 15.9 Å². The predicted molar refractivity (Wildman–Crippen MR) is 91.9 cm³/mol. The number of halogens is 1. The van der Waals surface area contributed by atoms with Crippen LogP contribution in [0.2, 0.25) is 0 Å². The first-order valence-electron chi connectivity index (χ1n) is 7.18. The van der Waals surface area contributed by atoms with Crippen LogP contribution in [0.3, 0.4) is 0 Å². The predicted octanol–water partition coefficient (Wildman–Crippen LogP) is 3.65. The zero-order chi connectivity index (χ0) is 16.9. The number of rotatable bonds is 7. The molecule has 124 valence electrons. The lowest BCUT2D eigenvalue weighted by molar-refractivity contribution is -0.143. The summed E-state index contributed by atoms with van der Waals surface area (Å²) in [5.41, 5.74) is 0. The Labute approximate surface area is 143 Å². The molecular formula is C16H17BrO5S. The van der Waals surface area contributed by atoms with Gasteiger partial charge < -0.3 is 8.92 Å². The monoisotopic (exact) mass is 400 g/mol. The van der Waals surface area contributed by atoms with Crippen molar-refractivity contribution in [1.29, 1.82) is 0 Å². The van der Waals surface area contributed by atoms with Crippen LogP contribution in [0.1, 0.15) is 19.8 Å². The second-order valence-electron chi connectivity index (χ2n) is 4.85. The van der Waals surface area contributed by atoms with E-state index < -0.39 is 16.1 Å². The maximum atomic E-state index is 12.0. The Morgan fingerprint density at radius 2 is 1.91 bits per heavy atom. The van der Waals surface area contributed by atoms with Gasteiger partial charge in [-0.3, -0.25) is 4.79 Å². The third-order valence-corrected chi connectivity index (χ3v) is 5.17. The van der Waals surface area contributed by atoms with E-state index in [9.17, 15) is 13.2 Å². The average molecular weight is 401 g/mol. The minimum absolute atomic E-state index is 0.0509. The summed E-state index contributed by atoms with van der Waals surface area (Å²) < 4.78 is 34.6. The van der Waals surface area contributed by atoms with Gasteiger partial charge in [0.1, 0.15) is 0 Å². The summed E-state index contributed by atoms with van der Waals surface area (Å²) in [5, 5.41) is 1.85. The highest BCUT2D eigenvalue weighted by molar-refractivity contribution is 9.10. The molecule has 7 heteroatoms. The highest BCUT2D eigenvalue weighted by Crippen LogP contribution is 2.33. The van der Waals surface area contributed by atoms with Crippen molar-refractivity contribution in [2.75, 3.05) is 12.4 Å². The molecule has 0 aliphatic heterocycles. The van der Waals surface area contributed by atoms with Crippen LogP contribution in [-0.2, 0) is 19.6 Å². The lowest BCUT2D eigenvalue weighted by atomic mass is 10.1. The summed E-state index contributed by atoms with van der Waals surface area (Å²) in [6, 6.07) is 11.0. The maximum Gasteiger partial charge on any atom is 0.309 e. The molecule has 0 saturated carbocycles. The molecule has 2 rings (SSSR count). The molecule has 23 heavy (non-hydrogen) atoms. The van der Waals surface area contributed by atoms with Crippen LogP contribution < -0.4 is 4.18 Å². The van der Waals surface area contributed by atoms with Gasteiger partial charge in [-0.15, -0.1) is 0 Å². The zero-order valence-corrected chi connectivity index (χ0v) is 15.0. The number of benzene rings is 2. The third kappa shape index (κ3) is 4.94. The van der Waals surface area contributed by atoms with Crippen LogP contribution in [-0.4, -0.2) is 26.7 Å². The van der Waals surface area contributed by atoms with Gasteiger partial charge in [-0.05, 0) is 46.1 Å². The summed E-state index contributed by atoms with van der Waals surface area (Å²) >= 11 is 3.38. The van der Waals surface area contributed by atoms with Crippen LogP contribution in [0.4, 0.5) is 0 Å². The highest BCUT2D eigenvalue weighted by Gasteiger charge is 2.17. The van der Waals surface area contributed by atoms with E-state index in [1.807, 2.05) is 24.3 Å². The fourth-order valence-corrected chi connectivity index (χ4v) is 3.76. The van der Waals surface area contributed by atoms with E-state index in [0.717, 1.165) is 10.8 Å². The van der Waals surface area contributed by atoms with E-state index in [-0.39, 0.29) is 31.0 Å². The molecule has 0 spiro atoms. The van der Waals surface area contributed by atoms with Gasteiger partial charge in [0.2, 0.25) is 0 Å². The van der Waals surface area contributed by atoms with Crippen molar-refractivity contribution < 1.29 is 22.1 Å². The highest BCUT2D eigenvalue weighted by atomic mass is 79.9. The van der Waals surface area contributed by atoms with Crippen molar-refractivity contribution in [3.8, 4) is 5.75 Å². The second kappa shape index (κ2) is 7.79. The van der Waals surface area contributed by atoms with Crippen molar-refractivity contribution in [3.05, 3.63) is 40.9 Å². The number of hydrogen-bond donors (Lipinski definition) is 0. The molecule has 0 radical (unpaired) electrons. The average Bonchev–Trinajstić information content (AvgIpc) is 2.50. The Morgan fingerprint density at radius 3 is 2.65 bits per heavy atom. The second-order valence-corrected chi connectivity index (χ2v) is 7.34. The summed E-state index contributed by atoms with van der Waals surface area (Å²) in [7, 11) is -3.77. The number of hydrogen-bond acceptors (Lipinski definition) is 5. The van der Waals surface area contributed by atoms with Gasteiger partial charge >= 0.3 is 16.1 Å². The first-order valence-corrected chi connectivity index (χ1v) is 9.55. The largest absolute Gasteiger partial charge is 0.466 e. The summed E-state index contributed by atoms with van der Waals surface area (Å²) in [6.07, 6.45) is 0.210. The van der Waals surface area contributed by atoms with Gasteiger partial charge in [0.15, 0.2) is 5.75 Å². The molecule has 0 aliphatic rings. The smallest absolute Gasteiger partial charge is 0.309 e. The molecule has 2 aromatic rings. The topological polar surface area (TPSA) is 69.7 Å². The van der Waals surface area contributed by atoms with E-state index in [1.165, 1.54) is 0 Å². The zero-order valence-electron chi connectivity index (χ0n) is 12.6. The number of carbonyl (C=O) groups is 1. The summed E-state index contributed by atoms with van der Waals surface area (Å²) in [6.45, 7) is 1.99. The summed E-state index contributed by atoms with van der Waals surface area (Å²) in [4.78, 5) is 11.2. The number of ether oxygens (including phenoxy) is 1. The van der Waals surface area contributed by atoms with Gasteiger partial charge in [0, 0.05) is 6.42 Å². The lowest BCUT2D eigenvalue weighted by Crippen LogP contribution is -2.15. The quantitative estimate of drug-likeness (QED) is 0.523. The van der Waals surface area contributed by atoms with Gasteiger partial charge in [-0.2, -0.15) is 8.42 Å². The molecule has 0 saturated heterocycles. The Hall–Kier alpha value is -1.60. The van der Waals surface area contributed by atoms with E-state index in [4.69, 9.17) is 8.92 Å². The third-order valence-electron chi connectivity index (χ3n) is 3.13. The molecule has 0 atom stereocenters. The van der Waals surface area contributed by atoms with E-state index in [1.54, 1.807) is 19.1 Å². The van der Waals surface area contributed by atoms with Gasteiger partial charge in [-0.1, -0.05) is 30.3 Å². The van der Waals surface area contributed by atoms with Gasteiger partial charge in [0.05, 0.1) is 16.8 Å². The number of fused-ring (bicyclic) bond motifs is 1. The molecule has 0 heterocycles. The Kier molecular flexibility index (Phi) is 6.01. The molecular weight excluding hydrogens is 384 g/mol. The first-order chi connectivity index (χ1) is 10.9. The molecule has 2 aromatic carbocycles. The first kappa shape index (κ1) is 17.7. The standard InChI is InChI=1S/C16H17BrO5S/c1-2-21-15(18)8-5-11-23(19,20)22-14-10-9-12-6-3-4-7-13(12)16(14)17/h3-4,6-7,9-10H,2,5,8,11H2,1H3. The molecule has 5 nitrogen and oxygen atoms in total. The Bertz CT molecular complexity index is 801. The minimum atomic E-state index is -3.77. The summed E-state index contributed by atoms with van der Waals surface area (Å²) in [5.74, 6) is -0.417. The van der Waals surface area contributed by atoms with Crippen molar-refractivity contribution in [2.24, 2.45) is 0 Å². The Balaban J connectivity index is 2.06. The molecule has 0 unspecified atom stereocenters. The van der Waals surface area contributed by atoms with Crippen molar-refractivity contribution in [2.45, 2.75) is 19.8 Å². The molecule has 0 aliphatic carbocycles. The maximum absolute atomic E-state index is 12.0. The van der Waals surface area contributed by atoms with Gasteiger partial charge in [0.25, 0.3) is 0 Å². The molecule has 0 aromatic heterocycles. The number of esters is 1. The van der Waals surface area contributed by atoms with Crippen molar-refractivity contribution >= 4 is 42.8 Å². The molecule has 0 bridgehead atoms. The fraction of sp³-hybridized carbons (Fsp3) is 0.312.